The number of aromatic nitrogens is 2. The lowest BCUT2D eigenvalue weighted by molar-refractivity contribution is -0.137. The van der Waals surface area contributed by atoms with Crippen molar-refractivity contribution in [3.63, 3.8) is 0 Å². The van der Waals surface area contributed by atoms with E-state index < -0.39 is 0 Å². The van der Waals surface area contributed by atoms with Crippen LogP contribution >= 0.6 is 0 Å². The molecule has 3 heterocycles. The van der Waals surface area contributed by atoms with Crippen molar-refractivity contribution in [1.29, 1.82) is 0 Å². The van der Waals surface area contributed by atoms with Gasteiger partial charge in [0.15, 0.2) is 0 Å². The lowest BCUT2D eigenvalue weighted by atomic mass is 9.95. The fourth-order valence-corrected chi connectivity index (χ4v) is 3.78. The molecule has 0 aliphatic carbocycles. The predicted molar refractivity (Wildman–Crippen MR) is 98.9 cm³/mol. The van der Waals surface area contributed by atoms with E-state index in [1.807, 2.05) is 39.9 Å². The number of carbonyl (C=O) groups excluding carboxylic acids is 2. The number of nitrogens with one attached hydrogen (secondary N) is 1. The third-order valence-electron chi connectivity index (χ3n) is 5.19. The molecule has 0 saturated heterocycles. The van der Waals surface area contributed by atoms with E-state index in [9.17, 15) is 9.59 Å². The van der Waals surface area contributed by atoms with Gasteiger partial charge in [-0.1, -0.05) is 18.2 Å². The summed E-state index contributed by atoms with van der Waals surface area (Å²) in [6.45, 7) is 4.38. The molecule has 1 aromatic heterocycles. The van der Waals surface area contributed by atoms with E-state index in [4.69, 9.17) is 4.74 Å². The topological polar surface area (TPSA) is 76.5 Å². The number of hydrogen-bond acceptors (Lipinski definition) is 4. The van der Waals surface area contributed by atoms with Gasteiger partial charge < -0.3 is 15.0 Å². The number of para-hydroxylation sites is 1. The van der Waals surface area contributed by atoms with Crippen LogP contribution in [-0.2, 0) is 35.6 Å². The van der Waals surface area contributed by atoms with Gasteiger partial charge in [0, 0.05) is 19.4 Å². The molecule has 27 heavy (non-hydrogen) atoms. The summed E-state index contributed by atoms with van der Waals surface area (Å²) >= 11 is 0. The molecule has 0 radical (unpaired) electrons. The van der Waals surface area contributed by atoms with Crippen molar-refractivity contribution in [2.75, 3.05) is 13.2 Å². The van der Waals surface area contributed by atoms with Gasteiger partial charge >= 0.3 is 0 Å². The Labute approximate surface area is 158 Å². The number of fused-ring (bicyclic) bond motifs is 2. The molecule has 1 N–H and O–H groups in total. The van der Waals surface area contributed by atoms with E-state index in [-0.39, 0.29) is 17.7 Å². The zero-order chi connectivity index (χ0) is 18.8. The van der Waals surface area contributed by atoms with Crippen LogP contribution in [0.2, 0.25) is 0 Å². The second kappa shape index (κ2) is 7.42. The number of ether oxygens (including phenoxy) is 1. The standard InChI is InChI=1S/C20H24N4O3/c1-14(25)21-12-17-11-18-13-23(7-8-24(18)22-17)20(26)16-6-9-27-19-5-3-2-4-15(19)10-16/h2-5,11,16H,6-10,12-13H2,1H3,(H,21,25). The maximum absolute atomic E-state index is 13.1. The first kappa shape index (κ1) is 17.6. The molecule has 2 aliphatic rings. The summed E-state index contributed by atoms with van der Waals surface area (Å²) in [4.78, 5) is 26.1. The van der Waals surface area contributed by atoms with Gasteiger partial charge in [-0.25, -0.2) is 0 Å². The first-order valence-electron chi connectivity index (χ1n) is 9.39. The Kier molecular flexibility index (Phi) is 4.83. The van der Waals surface area contributed by atoms with Gasteiger partial charge in [-0.2, -0.15) is 5.10 Å². The van der Waals surface area contributed by atoms with Crippen molar-refractivity contribution in [2.45, 2.75) is 39.4 Å². The molecule has 0 bridgehead atoms. The third kappa shape index (κ3) is 3.82. The van der Waals surface area contributed by atoms with E-state index in [0.29, 0.717) is 32.8 Å². The van der Waals surface area contributed by atoms with Crippen molar-refractivity contribution < 1.29 is 14.3 Å². The number of benzene rings is 1. The highest BCUT2D eigenvalue weighted by molar-refractivity contribution is 5.79. The molecule has 142 valence electrons. The number of rotatable bonds is 3. The fourth-order valence-electron chi connectivity index (χ4n) is 3.78. The Morgan fingerprint density at radius 3 is 3.00 bits per heavy atom. The van der Waals surface area contributed by atoms with E-state index in [2.05, 4.69) is 10.4 Å². The molecule has 1 unspecified atom stereocenters. The Morgan fingerprint density at radius 1 is 1.30 bits per heavy atom. The summed E-state index contributed by atoms with van der Waals surface area (Å²) in [6, 6.07) is 9.94. The summed E-state index contributed by atoms with van der Waals surface area (Å²) in [6.07, 6.45) is 1.45. The Bertz CT molecular complexity index is 861. The average Bonchev–Trinajstić information content (AvgIpc) is 2.95. The molecule has 7 nitrogen and oxygen atoms in total. The minimum Gasteiger partial charge on any atom is -0.493 e. The molecule has 0 fully saturated rings. The number of amides is 2. The van der Waals surface area contributed by atoms with Crippen molar-refractivity contribution in [2.24, 2.45) is 5.92 Å². The molecule has 1 aromatic carbocycles. The van der Waals surface area contributed by atoms with E-state index in [1.165, 1.54) is 6.92 Å². The number of hydrogen-bond donors (Lipinski definition) is 1. The Morgan fingerprint density at radius 2 is 2.15 bits per heavy atom. The molecule has 7 heteroatoms. The quantitative estimate of drug-likeness (QED) is 0.891. The minimum absolute atomic E-state index is 0.0537. The first-order valence-corrected chi connectivity index (χ1v) is 9.39. The van der Waals surface area contributed by atoms with Crippen molar-refractivity contribution in [1.82, 2.24) is 20.0 Å². The van der Waals surface area contributed by atoms with E-state index in [1.54, 1.807) is 0 Å². The summed E-state index contributed by atoms with van der Waals surface area (Å²) < 4.78 is 7.74. The SMILES string of the molecule is CC(=O)NCc1cc2n(n1)CCN(C(=O)C1CCOc3ccccc3C1)C2. The Hall–Kier alpha value is -2.83. The zero-order valence-electron chi connectivity index (χ0n) is 15.5. The van der Waals surface area contributed by atoms with E-state index in [0.717, 1.165) is 35.5 Å². The third-order valence-corrected chi connectivity index (χ3v) is 5.19. The minimum atomic E-state index is -0.0753. The van der Waals surface area contributed by atoms with Crippen LogP contribution in [0.4, 0.5) is 0 Å². The van der Waals surface area contributed by atoms with Gasteiger partial charge in [-0.15, -0.1) is 0 Å². The van der Waals surface area contributed by atoms with Crippen LogP contribution in [0.25, 0.3) is 0 Å². The molecule has 1 atom stereocenters. The average molecular weight is 368 g/mol. The van der Waals surface area contributed by atoms with Crippen LogP contribution in [0.15, 0.2) is 30.3 Å². The number of carbonyl (C=O) groups is 2. The smallest absolute Gasteiger partial charge is 0.226 e. The molecular weight excluding hydrogens is 344 g/mol. The van der Waals surface area contributed by atoms with Crippen molar-refractivity contribution >= 4 is 11.8 Å². The second-order valence-corrected chi connectivity index (χ2v) is 7.17. The molecule has 2 amide bonds. The van der Waals surface area contributed by atoms with Crippen LogP contribution in [0.3, 0.4) is 0 Å². The van der Waals surface area contributed by atoms with Crippen LogP contribution in [0, 0.1) is 5.92 Å². The van der Waals surface area contributed by atoms with Gasteiger partial charge in [0.1, 0.15) is 5.75 Å². The summed E-state index contributed by atoms with van der Waals surface area (Å²) in [7, 11) is 0. The van der Waals surface area contributed by atoms with Crippen molar-refractivity contribution in [3.05, 3.63) is 47.3 Å². The highest BCUT2D eigenvalue weighted by Gasteiger charge is 2.30. The van der Waals surface area contributed by atoms with E-state index >= 15 is 0 Å². The maximum atomic E-state index is 13.1. The largest absolute Gasteiger partial charge is 0.493 e. The van der Waals surface area contributed by atoms with Crippen LogP contribution < -0.4 is 10.1 Å². The van der Waals surface area contributed by atoms with Crippen LogP contribution in [0.1, 0.15) is 30.3 Å². The predicted octanol–water partition coefficient (Wildman–Crippen LogP) is 1.50. The second-order valence-electron chi connectivity index (χ2n) is 7.17. The highest BCUT2D eigenvalue weighted by atomic mass is 16.5. The molecule has 2 aliphatic heterocycles. The monoisotopic (exact) mass is 368 g/mol. The summed E-state index contributed by atoms with van der Waals surface area (Å²) in [5.74, 6) is 0.953. The first-order chi connectivity index (χ1) is 13.1. The zero-order valence-corrected chi connectivity index (χ0v) is 15.5. The fraction of sp³-hybridized carbons (Fsp3) is 0.450. The summed E-state index contributed by atoms with van der Waals surface area (Å²) in [5, 5.41) is 7.28. The maximum Gasteiger partial charge on any atom is 0.226 e. The highest BCUT2D eigenvalue weighted by Crippen LogP contribution is 2.28. The number of nitrogens with zero attached hydrogens (tertiary/aromatic N) is 3. The van der Waals surface area contributed by atoms with Gasteiger partial charge in [0.2, 0.25) is 11.8 Å². The van der Waals surface area contributed by atoms with Crippen LogP contribution in [-0.4, -0.2) is 39.6 Å². The van der Waals surface area contributed by atoms with Crippen LogP contribution in [0.5, 0.6) is 5.75 Å². The Balaban J connectivity index is 1.44. The molecular formula is C20H24N4O3. The lowest BCUT2D eigenvalue weighted by Crippen LogP contribution is -2.42. The lowest BCUT2D eigenvalue weighted by Gasteiger charge is -2.30. The molecule has 4 rings (SSSR count). The van der Waals surface area contributed by atoms with Gasteiger partial charge in [0.25, 0.3) is 0 Å². The normalized spacial score (nSPS) is 18.7. The van der Waals surface area contributed by atoms with Gasteiger partial charge in [-0.3, -0.25) is 14.3 Å². The van der Waals surface area contributed by atoms with Gasteiger partial charge in [-0.05, 0) is 30.5 Å². The molecule has 2 aromatic rings. The molecule has 0 saturated carbocycles. The molecule has 0 spiro atoms. The van der Waals surface area contributed by atoms with Gasteiger partial charge in [0.05, 0.1) is 37.6 Å². The summed E-state index contributed by atoms with van der Waals surface area (Å²) in [5.41, 5.74) is 2.94. The van der Waals surface area contributed by atoms with Crippen molar-refractivity contribution in [3.8, 4) is 5.75 Å².